The number of carbonyl (C=O) groups is 1. The van der Waals surface area contributed by atoms with Gasteiger partial charge in [0.1, 0.15) is 5.82 Å². The molecule has 1 aromatic carbocycles. The Hall–Kier alpha value is -2.85. The first-order valence-corrected chi connectivity index (χ1v) is 12.3. The minimum atomic E-state index is -3.37. The number of rotatable bonds is 6. The number of aromatic nitrogens is 2. The molecule has 10 heteroatoms. The average Bonchev–Trinajstić information content (AvgIpc) is 3.43. The van der Waals surface area contributed by atoms with Crippen LogP contribution < -0.4 is 10.0 Å². The second-order valence-corrected chi connectivity index (χ2v) is 10.8. The molecular formula is C21H19FN4O3S2. The van der Waals surface area contributed by atoms with Gasteiger partial charge in [-0.25, -0.2) is 17.8 Å². The second-order valence-electron chi connectivity index (χ2n) is 7.72. The standard InChI is InChI=1S/C21H19FN4O3S2/c22-14-9-13(10-23-11-14)12-1-3-15(4-2-12)24-20(27)17-7-8-18-19(17)25-21(30-18)26-31(28,29)16-5-6-16/h1-4,9-11,16-17H,5-8H2,(H,24,27)(H,25,26). The van der Waals surface area contributed by atoms with Gasteiger partial charge in [0.15, 0.2) is 5.13 Å². The van der Waals surface area contributed by atoms with E-state index in [9.17, 15) is 17.6 Å². The molecule has 1 saturated carbocycles. The van der Waals surface area contributed by atoms with Crippen LogP contribution in [0.2, 0.25) is 0 Å². The number of anilines is 2. The summed E-state index contributed by atoms with van der Waals surface area (Å²) in [5.41, 5.74) is 2.72. The highest BCUT2D eigenvalue weighted by Gasteiger charge is 2.38. The maximum Gasteiger partial charge on any atom is 0.237 e. The molecule has 2 heterocycles. The molecule has 2 N–H and O–H groups in total. The lowest BCUT2D eigenvalue weighted by Gasteiger charge is -2.11. The molecule has 0 radical (unpaired) electrons. The number of halogens is 1. The van der Waals surface area contributed by atoms with Crippen LogP contribution >= 0.6 is 11.3 Å². The van der Waals surface area contributed by atoms with Crippen molar-refractivity contribution in [1.29, 1.82) is 0 Å². The summed E-state index contributed by atoms with van der Waals surface area (Å²) in [5, 5.41) is 2.91. The van der Waals surface area contributed by atoms with Crippen molar-refractivity contribution >= 4 is 38.1 Å². The number of sulfonamides is 1. The number of nitrogens with zero attached hydrogens (tertiary/aromatic N) is 2. The maximum atomic E-state index is 13.4. The SMILES string of the molecule is O=C(Nc1ccc(-c2cncc(F)c2)cc1)C1CCc2sc(NS(=O)(=O)C3CC3)nc21. The first kappa shape index (κ1) is 20.1. The summed E-state index contributed by atoms with van der Waals surface area (Å²) in [6.45, 7) is 0. The lowest BCUT2D eigenvalue weighted by Crippen LogP contribution is -2.20. The predicted octanol–water partition coefficient (Wildman–Crippen LogP) is 3.92. The third kappa shape index (κ3) is 4.17. The van der Waals surface area contributed by atoms with Crippen LogP contribution in [0.25, 0.3) is 11.1 Å². The number of amides is 1. The van der Waals surface area contributed by atoms with Crippen LogP contribution in [0.5, 0.6) is 0 Å². The van der Waals surface area contributed by atoms with E-state index >= 15 is 0 Å². The summed E-state index contributed by atoms with van der Waals surface area (Å²) < 4.78 is 40.2. The van der Waals surface area contributed by atoms with Gasteiger partial charge >= 0.3 is 0 Å². The van der Waals surface area contributed by atoms with Crippen LogP contribution in [0.3, 0.4) is 0 Å². The quantitative estimate of drug-likeness (QED) is 0.583. The molecule has 3 aromatic rings. The largest absolute Gasteiger partial charge is 0.326 e. The first-order valence-electron chi connectivity index (χ1n) is 9.92. The number of thiazole rings is 1. The summed E-state index contributed by atoms with van der Waals surface area (Å²) in [7, 11) is -3.37. The normalized spacial score (nSPS) is 17.9. The number of hydrogen-bond donors (Lipinski definition) is 2. The Kier molecular flexibility index (Phi) is 4.98. The van der Waals surface area contributed by atoms with Crippen LogP contribution in [0, 0.1) is 5.82 Å². The van der Waals surface area contributed by atoms with Gasteiger partial charge in [0, 0.05) is 22.3 Å². The van der Waals surface area contributed by atoms with Crippen molar-refractivity contribution in [2.45, 2.75) is 36.9 Å². The van der Waals surface area contributed by atoms with Gasteiger partial charge in [-0.05, 0) is 49.4 Å². The number of carbonyl (C=O) groups excluding carboxylic acids is 1. The summed E-state index contributed by atoms with van der Waals surface area (Å²) in [5.74, 6) is -1.01. The zero-order valence-electron chi connectivity index (χ0n) is 16.3. The van der Waals surface area contributed by atoms with Crippen molar-refractivity contribution in [2.75, 3.05) is 10.0 Å². The molecule has 7 nitrogen and oxygen atoms in total. The zero-order chi connectivity index (χ0) is 21.6. The third-order valence-electron chi connectivity index (χ3n) is 5.42. The van der Waals surface area contributed by atoms with Crippen molar-refractivity contribution in [2.24, 2.45) is 0 Å². The highest BCUT2D eigenvalue weighted by molar-refractivity contribution is 7.93. The molecule has 2 aromatic heterocycles. The van der Waals surface area contributed by atoms with Crippen LogP contribution in [0.15, 0.2) is 42.7 Å². The maximum absolute atomic E-state index is 13.4. The fourth-order valence-corrected chi connectivity index (χ4v) is 6.27. The Morgan fingerprint density at radius 2 is 1.87 bits per heavy atom. The van der Waals surface area contributed by atoms with Gasteiger partial charge in [-0.15, -0.1) is 11.3 Å². The van der Waals surface area contributed by atoms with Crippen LogP contribution in [-0.4, -0.2) is 29.5 Å². The summed E-state index contributed by atoms with van der Waals surface area (Å²) in [4.78, 5) is 22.1. The monoisotopic (exact) mass is 458 g/mol. The van der Waals surface area contributed by atoms with Crippen LogP contribution in [0.4, 0.5) is 15.2 Å². The average molecular weight is 459 g/mol. The molecule has 5 rings (SSSR count). The molecule has 0 spiro atoms. The molecule has 1 amide bonds. The van der Waals surface area contributed by atoms with Gasteiger partial charge in [-0.1, -0.05) is 12.1 Å². The van der Waals surface area contributed by atoms with E-state index in [2.05, 4.69) is 20.0 Å². The molecule has 0 aliphatic heterocycles. The molecule has 0 bridgehead atoms. The smallest absolute Gasteiger partial charge is 0.237 e. The van der Waals surface area contributed by atoms with Gasteiger partial charge in [-0.3, -0.25) is 14.5 Å². The van der Waals surface area contributed by atoms with E-state index in [0.717, 1.165) is 16.6 Å². The van der Waals surface area contributed by atoms with E-state index in [1.807, 2.05) is 0 Å². The lowest BCUT2D eigenvalue weighted by molar-refractivity contribution is -0.117. The number of aryl methyl sites for hydroxylation is 1. The number of nitrogens with one attached hydrogen (secondary N) is 2. The van der Waals surface area contributed by atoms with Crippen LogP contribution in [0.1, 0.15) is 35.8 Å². The highest BCUT2D eigenvalue weighted by atomic mass is 32.2. The Morgan fingerprint density at radius 3 is 2.58 bits per heavy atom. The Balaban J connectivity index is 1.28. The summed E-state index contributed by atoms with van der Waals surface area (Å²) >= 11 is 1.30. The second kappa shape index (κ2) is 7.69. The van der Waals surface area contributed by atoms with Crippen molar-refractivity contribution in [3.8, 4) is 11.1 Å². The van der Waals surface area contributed by atoms with E-state index in [1.165, 1.54) is 17.4 Å². The molecule has 31 heavy (non-hydrogen) atoms. The number of hydrogen-bond acceptors (Lipinski definition) is 6. The lowest BCUT2D eigenvalue weighted by atomic mass is 10.1. The predicted molar refractivity (Wildman–Crippen MR) is 117 cm³/mol. The van der Waals surface area contributed by atoms with Crippen molar-refractivity contribution in [3.05, 3.63) is 59.1 Å². The first-order chi connectivity index (χ1) is 14.9. The van der Waals surface area contributed by atoms with Crippen molar-refractivity contribution < 1.29 is 17.6 Å². The van der Waals surface area contributed by atoms with Gasteiger partial charge in [0.25, 0.3) is 0 Å². The van der Waals surface area contributed by atoms with Crippen molar-refractivity contribution in [1.82, 2.24) is 9.97 Å². The van der Waals surface area contributed by atoms with E-state index in [1.54, 1.807) is 30.5 Å². The Morgan fingerprint density at radius 1 is 1.10 bits per heavy atom. The summed E-state index contributed by atoms with van der Waals surface area (Å²) in [6.07, 6.45) is 5.42. The molecule has 1 unspecified atom stereocenters. The Labute approximate surface area is 182 Å². The summed E-state index contributed by atoms with van der Waals surface area (Å²) in [6, 6.07) is 8.49. The minimum absolute atomic E-state index is 0.180. The molecule has 2 aliphatic carbocycles. The van der Waals surface area contributed by atoms with Gasteiger partial charge < -0.3 is 5.32 Å². The highest BCUT2D eigenvalue weighted by Crippen LogP contribution is 2.40. The van der Waals surface area contributed by atoms with Gasteiger partial charge in [-0.2, -0.15) is 0 Å². The molecule has 0 saturated heterocycles. The van der Waals surface area contributed by atoms with E-state index < -0.39 is 21.8 Å². The number of benzene rings is 1. The number of pyridine rings is 1. The fourth-order valence-electron chi connectivity index (χ4n) is 3.65. The Bertz CT molecular complexity index is 1250. The minimum Gasteiger partial charge on any atom is -0.326 e. The molecular weight excluding hydrogens is 439 g/mol. The van der Waals surface area contributed by atoms with Gasteiger partial charge in [0.2, 0.25) is 15.9 Å². The zero-order valence-corrected chi connectivity index (χ0v) is 18.0. The molecule has 160 valence electrons. The van der Waals surface area contributed by atoms with E-state index in [-0.39, 0.29) is 11.2 Å². The van der Waals surface area contributed by atoms with Gasteiger partial charge in [0.05, 0.1) is 23.1 Å². The van der Waals surface area contributed by atoms with Crippen LogP contribution in [-0.2, 0) is 21.2 Å². The number of fused-ring (bicyclic) bond motifs is 1. The van der Waals surface area contributed by atoms with E-state index in [4.69, 9.17) is 0 Å². The molecule has 2 aliphatic rings. The van der Waals surface area contributed by atoms with E-state index in [0.29, 0.717) is 47.8 Å². The van der Waals surface area contributed by atoms with Crippen molar-refractivity contribution in [3.63, 3.8) is 0 Å². The third-order valence-corrected chi connectivity index (χ3v) is 8.42. The fraction of sp³-hybridized carbons (Fsp3) is 0.286. The molecule has 1 atom stereocenters. The molecule has 1 fully saturated rings. The topological polar surface area (TPSA) is 101 Å².